The van der Waals surface area contributed by atoms with E-state index in [2.05, 4.69) is 17.2 Å². The van der Waals surface area contributed by atoms with Gasteiger partial charge in [-0.25, -0.2) is 4.98 Å². The van der Waals surface area contributed by atoms with E-state index in [4.69, 9.17) is 4.74 Å². The third kappa shape index (κ3) is 3.42. The third-order valence-corrected chi connectivity index (χ3v) is 1.66. The van der Waals surface area contributed by atoms with E-state index in [1.807, 2.05) is 19.1 Å². The Bertz CT molecular complexity index is 250. The van der Waals surface area contributed by atoms with E-state index in [9.17, 15) is 0 Å². The molecule has 0 unspecified atom stereocenters. The first-order valence-electron chi connectivity index (χ1n) is 4.63. The predicted octanol–water partition coefficient (Wildman–Crippen LogP) is 2.05. The largest absolute Gasteiger partial charge is 0.377 e. The number of rotatable bonds is 5. The highest BCUT2D eigenvalue weighted by Crippen LogP contribution is 2.07. The van der Waals surface area contributed by atoms with E-state index < -0.39 is 0 Å². The molecule has 0 bridgehead atoms. The maximum Gasteiger partial charge on any atom is 0.126 e. The normalized spacial score (nSPS) is 10.0. The number of pyridine rings is 1. The number of anilines is 1. The Kier molecular flexibility index (Phi) is 4.26. The Balaban J connectivity index is 2.56. The molecule has 0 aliphatic heterocycles. The molecule has 3 nitrogen and oxygen atoms in total. The fraction of sp³-hybridized carbons (Fsp3) is 0.500. The van der Waals surface area contributed by atoms with Gasteiger partial charge in [0.1, 0.15) is 5.82 Å². The number of nitrogens with one attached hydrogen (secondary N) is 1. The average Bonchev–Trinajstić information content (AvgIpc) is 2.16. The molecule has 1 rings (SSSR count). The Morgan fingerprint density at radius 3 is 3.00 bits per heavy atom. The van der Waals surface area contributed by atoms with Gasteiger partial charge in [-0.2, -0.15) is 0 Å². The number of hydrogen-bond acceptors (Lipinski definition) is 3. The van der Waals surface area contributed by atoms with Gasteiger partial charge in [-0.05, 0) is 31.5 Å². The Labute approximate surface area is 79.1 Å². The molecular weight excluding hydrogens is 164 g/mol. The summed E-state index contributed by atoms with van der Waals surface area (Å²) in [6.45, 7) is 6.35. The molecule has 0 saturated carbocycles. The van der Waals surface area contributed by atoms with Crippen LogP contribution in [0.1, 0.15) is 19.4 Å². The van der Waals surface area contributed by atoms with E-state index >= 15 is 0 Å². The second kappa shape index (κ2) is 5.54. The lowest BCUT2D eigenvalue weighted by Gasteiger charge is -2.05. The molecule has 1 heterocycles. The zero-order valence-electron chi connectivity index (χ0n) is 8.21. The number of aromatic nitrogens is 1. The first-order chi connectivity index (χ1) is 6.36. The minimum atomic E-state index is 0.664. The van der Waals surface area contributed by atoms with Crippen LogP contribution in [0, 0.1) is 0 Å². The summed E-state index contributed by atoms with van der Waals surface area (Å²) in [5, 5.41) is 3.16. The summed E-state index contributed by atoms with van der Waals surface area (Å²) in [4.78, 5) is 4.17. The Hall–Kier alpha value is -1.09. The lowest BCUT2D eigenvalue weighted by Crippen LogP contribution is -2.00. The van der Waals surface area contributed by atoms with E-state index in [0.717, 1.165) is 24.5 Å². The van der Waals surface area contributed by atoms with Crippen molar-refractivity contribution in [1.29, 1.82) is 0 Å². The van der Waals surface area contributed by atoms with Gasteiger partial charge in [0.05, 0.1) is 6.61 Å². The van der Waals surface area contributed by atoms with Crippen LogP contribution in [0.2, 0.25) is 0 Å². The summed E-state index contributed by atoms with van der Waals surface area (Å²) >= 11 is 0. The number of hydrogen-bond donors (Lipinski definition) is 1. The molecule has 72 valence electrons. The highest BCUT2D eigenvalue weighted by atomic mass is 16.5. The van der Waals surface area contributed by atoms with E-state index in [1.165, 1.54) is 0 Å². The minimum Gasteiger partial charge on any atom is -0.377 e. The van der Waals surface area contributed by atoms with Gasteiger partial charge in [0.15, 0.2) is 0 Å². The third-order valence-electron chi connectivity index (χ3n) is 1.66. The molecule has 0 saturated heterocycles. The van der Waals surface area contributed by atoms with Crippen LogP contribution in [-0.4, -0.2) is 18.1 Å². The van der Waals surface area contributed by atoms with Gasteiger partial charge in [0.2, 0.25) is 0 Å². The second-order valence-corrected chi connectivity index (χ2v) is 2.72. The molecule has 0 amide bonds. The lowest BCUT2D eigenvalue weighted by atomic mass is 10.3. The predicted molar refractivity (Wildman–Crippen MR) is 53.7 cm³/mol. The standard InChI is InChI=1S/C10H16N2O/c1-3-11-10-7-9(5-6-12-10)8-13-4-2/h5-7H,3-4,8H2,1-2H3,(H,11,12). The quantitative estimate of drug-likeness (QED) is 0.753. The summed E-state index contributed by atoms with van der Waals surface area (Å²) in [5.74, 6) is 0.916. The fourth-order valence-electron chi connectivity index (χ4n) is 1.06. The van der Waals surface area contributed by atoms with Gasteiger partial charge < -0.3 is 10.1 Å². The van der Waals surface area contributed by atoms with Crippen molar-refractivity contribution < 1.29 is 4.74 Å². The SMILES string of the molecule is CCNc1cc(COCC)ccn1. The maximum absolute atomic E-state index is 5.30. The molecule has 0 radical (unpaired) electrons. The van der Waals surface area contributed by atoms with Crippen molar-refractivity contribution in [1.82, 2.24) is 4.98 Å². The van der Waals surface area contributed by atoms with Crippen LogP contribution in [0.15, 0.2) is 18.3 Å². The van der Waals surface area contributed by atoms with Gasteiger partial charge in [-0.1, -0.05) is 0 Å². The summed E-state index contributed by atoms with van der Waals surface area (Å²) < 4.78 is 5.30. The molecule has 0 atom stereocenters. The van der Waals surface area contributed by atoms with Crippen LogP contribution >= 0.6 is 0 Å². The molecule has 0 fully saturated rings. The van der Waals surface area contributed by atoms with Crippen LogP contribution in [0.25, 0.3) is 0 Å². The van der Waals surface area contributed by atoms with Crippen LogP contribution in [-0.2, 0) is 11.3 Å². The monoisotopic (exact) mass is 180 g/mol. The van der Waals surface area contributed by atoms with Crippen molar-refractivity contribution in [2.24, 2.45) is 0 Å². The van der Waals surface area contributed by atoms with E-state index in [0.29, 0.717) is 6.61 Å². The molecular formula is C10H16N2O. The highest BCUT2D eigenvalue weighted by molar-refractivity contribution is 5.36. The fourth-order valence-corrected chi connectivity index (χ4v) is 1.06. The Morgan fingerprint density at radius 1 is 1.46 bits per heavy atom. The molecule has 0 spiro atoms. The van der Waals surface area contributed by atoms with Crippen molar-refractivity contribution in [3.63, 3.8) is 0 Å². The molecule has 1 aromatic rings. The highest BCUT2D eigenvalue weighted by Gasteiger charge is 1.95. The molecule has 0 aliphatic rings. The maximum atomic E-state index is 5.30. The summed E-state index contributed by atoms with van der Waals surface area (Å²) in [7, 11) is 0. The van der Waals surface area contributed by atoms with Crippen molar-refractivity contribution in [2.75, 3.05) is 18.5 Å². The average molecular weight is 180 g/mol. The summed E-state index contributed by atoms with van der Waals surface area (Å²) in [6.07, 6.45) is 1.80. The van der Waals surface area contributed by atoms with Crippen LogP contribution < -0.4 is 5.32 Å². The first kappa shape index (κ1) is 9.99. The zero-order valence-corrected chi connectivity index (χ0v) is 8.21. The molecule has 0 aromatic carbocycles. The number of nitrogens with zero attached hydrogens (tertiary/aromatic N) is 1. The zero-order chi connectivity index (χ0) is 9.52. The van der Waals surface area contributed by atoms with Crippen molar-refractivity contribution in [2.45, 2.75) is 20.5 Å². The van der Waals surface area contributed by atoms with Crippen LogP contribution in [0.5, 0.6) is 0 Å². The van der Waals surface area contributed by atoms with Gasteiger partial charge in [0.25, 0.3) is 0 Å². The molecule has 1 N–H and O–H groups in total. The van der Waals surface area contributed by atoms with Crippen LogP contribution in [0.4, 0.5) is 5.82 Å². The molecule has 0 aliphatic carbocycles. The van der Waals surface area contributed by atoms with Crippen molar-refractivity contribution in [3.05, 3.63) is 23.9 Å². The lowest BCUT2D eigenvalue weighted by molar-refractivity contribution is 0.134. The first-order valence-corrected chi connectivity index (χ1v) is 4.63. The smallest absolute Gasteiger partial charge is 0.126 e. The van der Waals surface area contributed by atoms with E-state index in [-0.39, 0.29) is 0 Å². The van der Waals surface area contributed by atoms with Gasteiger partial charge in [0, 0.05) is 19.3 Å². The van der Waals surface area contributed by atoms with Gasteiger partial charge in [-0.15, -0.1) is 0 Å². The number of ether oxygens (including phenoxy) is 1. The van der Waals surface area contributed by atoms with Gasteiger partial charge >= 0.3 is 0 Å². The van der Waals surface area contributed by atoms with Crippen LogP contribution in [0.3, 0.4) is 0 Å². The van der Waals surface area contributed by atoms with E-state index in [1.54, 1.807) is 6.20 Å². The molecule has 1 aromatic heterocycles. The Morgan fingerprint density at radius 2 is 2.31 bits per heavy atom. The van der Waals surface area contributed by atoms with Gasteiger partial charge in [-0.3, -0.25) is 0 Å². The minimum absolute atomic E-state index is 0.664. The second-order valence-electron chi connectivity index (χ2n) is 2.72. The molecule has 13 heavy (non-hydrogen) atoms. The summed E-state index contributed by atoms with van der Waals surface area (Å²) in [6, 6.07) is 3.98. The topological polar surface area (TPSA) is 34.1 Å². The summed E-state index contributed by atoms with van der Waals surface area (Å²) in [5.41, 5.74) is 1.16. The molecule has 3 heteroatoms. The van der Waals surface area contributed by atoms with Crippen molar-refractivity contribution >= 4 is 5.82 Å². The van der Waals surface area contributed by atoms with Crippen molar-refractivity contribution in [3.8, 4) is 0 Å².